The first-order valence-corrected chi connectivity index (χ1v) is 15.2. The van der Waals surface area contributed by atoms with E-state index in [2.05, 4.69) is 29.1 Å². The largest absolute Gasteiger partial charge is 0.396 e. The highest BCUT2D eigenvalue weighted by atomic mass is 79.9. The highest BCUT2D eigenvalue weighted by molar-refractivity contribution is 9.09. The number of likely N-dealkylation sites (tertiary alicyclic amines) is 1. The number of thioether (sulfide) groups is 1. The first kappa shape index (κ1) is 29.2. The zero-order chi connectivity index (χ0) is 27.6. The van der Waals surface area contributed by atoms with Crippen LogP contribution in [0.2, 0.25) is 5.02 Å². The minimum Gasteiger partial charge on any atom is -0.396 e. The van der Waals surface area contributed by atoms with Crippen LogP contribution >= 0.6 is 39.3 Å². The molecule has 0 saturated carbocycles. The second-order valence-corrected chi connectivity index (χ2v) is 13.2. The van der Waals surface area contributed by atoms with Crippen molar-refractivity contribution in [3.8, 4) is 0 Å². The molecular weight excluding hydrogens is 590 g/mol. The van der Waals surface area contributed by atoms with Crippen molar-refractivity contribution in [2.75, 3.05) is 37.7 Å². The second kappa shape index (κ2) is 12.1. The quantitative estimate of drug-likeness (QED) is 0.280. The molecule has 3 aliphatic heterocycles. The van der Waals surface area contributed by atoms with E-state index in [0.717, 1.165) is 6.42 Å². The number of halogens is 2. The standard InChI is InChI=1S/C28H35BrClN3O4S/c1-4-12-31(13-5-2)25(35)21-22-26(36)33(15-9-16-34)24(28(22)17-18(29)23(21)38-28)27(37)32(14-6-3)20-11-8-7-10-19(20)30/h4,6-8,10-11,18,21-24,34H,1,3,5,9,12-17H2,2H3/t18?,21-,22-,23-,24?,28?/m0/s1. The van der Waals surface area contributed by atoms with Crippen molar-refractivity contribution in [2.45, 2.75) is 47.1 Å². The van der Waals surface area contributed by atoms with Crippen LogP contribution < -0.4 is 4.90 Å². The third-order valence-corrected chi connectivity index (χ3v) is 11.3. The monoisotopic (exact) mass is 623 g/mol. The minimum atomic E-state index is -0.797. The number of aliphatic hydroxyl groups is 1. The van der Waals surface area contributed by atoms with E-state index in [-0.39, 0.29) is 47.5 Å². The predicted octanol–water partition coefficient (Wildman–Crippen LogP) is 4.13. The van der Waals surface area contributed by atoms with E-state index in [4.69, 9.17) is 11.6 Å². The molecule has 3 heterocycles. The summed E-state index contributed by atoms with van der Waals surface area (Å²) in [7, 11) is 0. The molecule has 0 aromatic heterocycles. The third kappa shape index (κ3) is 4.84. The van der Waals surface area contributed by atoms with Crippen LogP contribution in [0.4, 0.5) is 5.69 Å². The van der Waals surface area contributed by atoms with Gasteiger partial charge in [-0.2, -0.15) is 0 Å². The summed E-state index contributed by atoms with van der Waals surface area (Å²) in [4.78, 5) is 47.5. The summed E-state index contributed by atoms with van der Waals surface area (Å²) in [5, 5.41) is 9.91. The molecule has 7 nitrogen and oxygen atoms in total. The van der Waals surface area contributed by atoms with Crippen molar-refractivity contribution in [1.29, 1.82) is 0 Å². The molecule has 0 aliphatic carbocycles. The molecule has 1 spiro atoms. The molecule has 0 radical (unpaired) electrons. The van der Waals surface area contributed by atoms with Gasteiger partial charge in [-0.3, -0.25) is 14.4 Å². The number of nitrogens with zero attached hydrogens (tertiary/aromatic N) is 3. The SMILES string of the molecule is C=CCN(CCC)C(=O)[C@H]1[C@H]2C(=O)N(CCCO)C(C(=O)N(CC=C)c3ccccc3Cl)C23CC(Br)[C@@H]1S3. The van der Waals surface area contributed by atoms with Gasteiger partial charge in [0.25, 0.3) is 5.91 Å². The average molecular weight is 625 g/mol. The summed E-state index contributed by atoms with van der Waals surface area (Å²) in [5.41, 5.74) is 0.550. The Hall–Kier alpha value is -1.81. The van der Waals surface area contributed by atoms with Crippen molar-refractivity contribution in [3.63, 3.8) is 0 Å². The second-order valence-electron chi connectivity index (χ2n) is 10.0. The number of hydrogen-bond acceptors (Lipinski definition) is 5. The Labute approximate surface area is 242 Å². The van der Waals surface area contributed by atoms with Crippen LogP contribution in [-0.4, -0.2) is 86.3 Å². The Kier molecular flexibility index (Phi) is 9.33. The van der Waals surface area contributed by atoms with E-state index in [1.807, 2.05) is 13.0 Å². The first-order valence-electron chi connectivity index (χ1n) is 13.1. The number of benzene rings is 1. The fourth-order valence-corrected chi connectivity index (χ4v) is 10.2. The Bertz CT molecular complexity index is 1110. The summed E-state index contributed by atoms with van der Waals surface area (Å²) in [6.45, 7) is 11.0. The van der Waals surface area contributed by atoms with Gasteiger partial charge in [-0.05, 0) is 31.4 Å². The third-order valence-electron chi connectivity index (χ3n) is 7.74. The summed E-state index contributed by atoms with van der Waals surface area (Å²) in [6, 6.07) is 6.33. The van der Waals surface area contributed by atoms with Crippen LogP contribution in [0.15, 0.2) is 49.6 Å². The van der Waals surface area contributed by atoms with E-state index < -0.39 is 22.6 Å². The van der Waals surface area contributed by atoms with Crippen LogP contribution in [-0.2, 0) is 14.4 Å². The fraction of sp³-hybridized carbons (Fsp3) is 0.536. The fourth-order valence-electron chi connectivity index (χ4n) is 6.36. The molecule has 2 bridgehead atoms. The van der Waals surface area contributed by atoms with Gasteiger partial charge in [-0.25, -0.2) is 0 Å². The van der Waals surface area contributed by atoms with Crippen LogP contribution in [0.1, 0.15) is 26.2 Å². The van der Waals surface area contributed by atoms with E-state index in [1.54, 1.807) is 56.8 Å². The van der Waals surface area contributed by atoms with Gasteiger partial charge in [0.15, 0.2) is 0 Å². The molecule has 38 heavy (non-hydrogen) atoms. The van der Waals surface area contributed by atoms with Crippen molar-refractivity contribution in [2.24, 2.45) is 11.8 Å². The van der Waals surface area contributed by atoms with Crippen LogP contribution in [0, 0.1) is 11.8 Å². The highest BCUT2D eigenvalue weighted by Crippen LogP contribution is 2.68. The van der Waals surface area contributed by atoms with Gasteiger partial charge < -0.3 is 19.8 Å². The molecule has 10 heteroatoms. The molecule has 3 aliphatic rings. The number of hydrogen-bond donors (Lipinski definition) is 1. The number of carbonyl (C=O) groups excluding carboxylic acids is 3. The number of para-hydroxylation sites is 1. The first-order chi connectivity index (χ1) is 18.3. The van der Waals surface area contributed by atoms with Crippen LogP contribution in [0.25, 0.3) is 0 Å². The van der Waals surface area contributed by atoms with E-state index in [0.29, 0.717) is 36.6 Å². The molecule has 1 aromatic rings. The minimum absolute atomic E-state index is 0.0148. The predicted molar refractivity (Wildman–Crippen MR) is 157 cm³/mol. The molecular formula is C28H35BrClN3O4S. The Morgan fingerprint density at radius 1 is 1.26 bits per heavy atom. The molecule has 206 valence electrons. The Balaban J connectivity index is 1.79. The summed E-state index contributed by atoms with van der Waals surface area (Å²) < 4.78 is -0.768. The Morgan fingerprint density at radius 3 is 2.61 bits per heavy atom. The molecule has 1 N–H and O–H groups in total. The summed E-state index contributed by atoms with van der Waals surface area (Å²) in [6.07, 6.45) is 5.08. The number of rotatable bonds is 12. The number of fused-ring (bicyclic) bond motifs is 1. The van der Waals surface area contributed by atoms with E-state index >= 15 is 0 Å². The smallest absolute Gasteiger partial charge is 0.251 e. The summed E-state index contributed by atoms with van der Waals surface area (Å²) in [5.74, 6) is -1.65. The lowest BCUT2D eigenvalue weighted by molar-refractivity contribution is -0.143. The van der Waals surface area contributed by atoms with Gasteiger partial charge in [0.2, 0.25) is 11.8 Å². The molecule has 3 fully saturated rings. The van der Waals surface area contributed by atoms with Gasteiger partial charge in [-0.15, -0.1) is 24.9 Å². The zero-order valence-electron chi connectivity index (χ0n) is 21.6. The lowest BCUT2D eigenvalue weighted by Crippen LogP contribution is -2.56. The molecule has 6 atom stereocenters. The van der Waals surface area contributed by atoms with Gasteiger partial charge in [0.05, 0.1) is 27.3 Å². The summed E-state index contributed by atoms with van der Waals surface area (Å²) >= 11 is 11.9. The van der Waals surface area contributed by atoms with Gasteiger partial charge in [0, 0.05) is 42.9 Å². The topological polar surface area (TPSA) is 81.2 Å². The highest BCUT2D eigenvalue weighted by Gasteiger charge is 2.76. The number of carbonyl (C=O) groups is 3. The molecule has 3 amide bonds. The molecule has 3 unspecified atom stereocenters. The van der Waals surface area contributed by atoms with Crippen molar-refractivity contribution >= 4 is 62.7 Å². The van der Waals surface area contributed by atoms with Crippen molar-refractivity contribution in [3.05, 3.63) is 54.6 Å². The Morgan fingerprint density at radius 2 is 1.97 bits per heavy atom. The van der Waals surface area contributed by atoms with Crippen molar-refractivity contribution < 1.29 is 19.5 Å². The zero-order valence-corrected chi connectivity index (χ0v) is 24.8. The number of amides is 3. The maximum Gasteiger partial charge on any atom is 0.251 e. The molecule has 3 saturated heterocycles. The number of alkyl halides is 1. The maximum atomic E-state index is 14.5. The molecule has 1 aromatic carbocycles. The van der Waals surface area contributed by atoms with Crippen molar-refractivity contribution in [1.82, 2.24) is 9.80 Å². The van der Waals surface area contributed by atoms with E-state index in [1.165, 1.54) is 0 Å². The van der Waals surface area contributed by atoms with Crippen LogP contribution in [0.3, 0.4) is 0 Å². The average Bonchev–Trinajstić information content (AvgIpc) is 3.49. The van der Waals surface area contributed by atoms with E-state index in [9.17, 15) is 19.5 Å². The van der Waals surface area contributed by atoms with Gasteiger partial charge in [-0.1, -0.05) is 58.7 Å². The normalized spacial score (nSPS) is 29.3. The van der Waals surface area contributed by atoms with Gasteiger partial charge in [0.1, 0.15) is 6.04 Å². The maximum absolute atomic E-state index is 14.5. The lowest BCUT2D eigenvalue weighted by Gasteiger charge is -2.38. The number of anilines is 1. The van der Waals surface area contributed by atoms with Crippen LogP contribution in [0.5, 0.6) is 0 Å². The number of aliphatic hydroxyl groups excluding tert-OH is 1. The lowest BCUT2D eigenvalue weighted by atomic mass is 9.70. The molecule has 4 rings (SSSR count). The van der Waals surface area contributed by atoms with Gasteiger partial charge >= 0.3 is 0 Å².